The van der Waals surface area contributed by atoms with E-state index in [1.807, 2.05) is 13.0 Å². The third-order valence-electron chi connectivity index (χ3n) is 4.62. The number of nitrogens with zero attached hydrogens (tertiary/aromatic N) is 4. The molecule has 1 aromatic heterocycles. The average Bonchev–Trinajstić information content (AvgIpc) is 2.64. The van der Waals surface area contributed by atoms with Gasteiger partial charge in [0.15, 0.2) is 5.82 Å². The first-order valence-electron chi connectivity index (χ1n) is 9.63. The van der Waals surface area contributed by atoms with E-state index in [9.17, 15) is 10.1 Å². The zero-order valence-corrected chi connectivity index (χ0v) is 16.6. The molecule has 3 rings (SSSR count). The van der Waals surface area contributed by atoms with E-state index < -0.39 is 4.92 Å². The summed E-state index contributed by atoms with van der Waals surface area (Å²) in [6, 6.07) is 8.29. The number of ether oxygens (including phenoxy) is 1. The molecule has 28 heavy (non-hydrogen) atoms. The molecule has 2 aromatic rings. The first-order valence-corrected chi connectivity index (χ1v) is 9.63. The fourth-order valence-corrected chi connectivity index (χ4v) is 3.53. The van der Waals surface area contributed by atoms with E-state index in [1.165, 1.54) is 12.1 Å². The second-order valence-corrected chi connectivity index (χ2v) is 7.32. The molecule has 8 nitrogen and oxygen atoms in total. The van der Waals surface area contributed by atoms with Crippen LogP contribution >= 0.6 is 0 Å². The predicted octanol–water partition coefficient (Wildman–Crippen LogP) is 3.27. The van der Waals surface area contributed by atoms with Crippen LogP contribution in [0, 0.1) is 17.0 Å². The molecule has 1 aromatic carbocycles. The SMILES string of the molecule is Cc1cc(NCCCN2CC(C)OC(C)C2)nc(-c2cccc([N+](=O)[O-])c2)n1. The van der Waals surface area contributed by atoms with E-state index in [1.54, 1.807) is 12.1 Å². The predicted molar refractivity (Wildman–Crippen MR) is 108 cm³/mol. The summed E-state index contributed by atoms with van der Waals surface area (Å²) in [7, 11) is 0. The van der Waals surface area contributed by atoms with Crippen LogP contribution in [0.5, 0.6) is 0 Å². The van der Waals surface area contributed by atoms with Gasteiger partial charge in [0, 0.05) is 55.6 Å². The quantitative estimate of drug-likeness (QED) is 0.444. The molecule has 150 valence electrons. The lowest BCUT2D eigenvalue weighted by Gasteiger charge is -2.35. The normalized spacial score (nSPS) is 20.1. The minimum atomic E-state index is -0.411. The Bertz CT molecular complexity index is 819. The van der Waals surface area contributed by atoms with Crippen LogP contribution in [0.15, 0.2) is 30.3 Å². The van der Waals surface area contributed by atoms with Crippen molar-refractivity contribution in [1.82, 2.24) is 14.9 Å². The van der Waals surface area contributed by atoms with Gasteiger partial charge in [-0.2, -0.15) is 0 Å². The van der Waals surface area contributed by atoms with Gasteiger partial charge in [-0.25, -0.2) is 9.97 Å². The molecule has 8 heteroatoms. The van der Waals surface area contributed by atoms with E-state index >= 15 is 0 Å². The van der Waals surface area contributed by atoms with E-state index in [-0.39, 0.29) is 17.9 Å². The molecule has 1 saturated heterocycles. The van der Waals surface area contributed by atoms with E-state index in [2.05, 4.69) is 34.0 Å². The number of nitrogens with one attached hydrogen (secondary N) is 1. The number of benzene rings is 1. The van der Waals surface area contributed by atoms with Crippen molar-refractivity contribution in [3.8, 4) is 11.4 Å². The Labute approximate surface area is 165 Å². The van der Waals surface area contributed by atoms with Gasteiger partial charge in [-0.3, -0.25) is 15.0 Å². The van der Waals surface area contributed by atoms with Crippen molar-refractivity contribution in [2.45, 2.75) is 39.4 Å². The van der Waals surface area contributed by atoms with E-state index in [4.69, 9.17) is 4.74 Å². The van der Waals surface area contributed by atoms with E-state index in [0.717, 1.165) is 44.1 Å². The number of hydrogen-bond donors (Lipinski definition) is 1. The zero-order chi connectivity index (χ0) is 20.1. The van der Waals surface area contributed by atoms with Gasteiger partial charge in [-0.1, -0.05) is 12.1 Å². The molecule has 0 bridgehead atoms. The van der Waals surface area contributed by atoms with Crippen LogP contribution in [0.1, 0.15) is 26.0 Å². The molecule has 1 fully saturated rings. The van der Waals surface area contributed by atoms with Crippen LogP contribution in [0.2, 0.25) is 0 Å². The molecule has 1 aliphatic heterocycles. The van der Waals surface area contributed by atoms with Crippen molar-refractivity contribution in [3.63, 3.8) is 0 Å². The smallest absolute Gasteiger partial charge is 0.270 e. The van der Waals surface area contributed by atoms with Crippen molar-refractivity contribution in [1.29, 1.82) is 0 Å². The minimum Gasteiger partial charge on any atom is -0.373 e. The van der Waals surface area contributed by atoms with Crippen molar-refractivity contribution in [3.05, 3.63) is 46.1 Å². The number of nitro benzene ring substituents is 1. The highest BCUT2D eigenvalue weighted by Gasteiger charge is 2.21. The fourth-order valence-electron chi connectivity index (χ4n) is 3.53. The number of rotatable bonds is 7. The van der Waals surface area contributed by atoms with Crippen molar-refractivity contribution in [2.75, 3.05) is 31.5 Å². The molecule has 0 amide bonds. The molecule has 2 heterocycles. The number of morpholine rings is 1. The fraction of sp³-hybridized carbons (Fsp3) is 0.500. The van der Waals surface area contributed by atoms with Crippen molar-refractivity contribution >= 4 is 11.5 Å². The molecule has 2 atom stereocenters. The maximum atomic E-state index is 11.0. The summed E-state index contributed by atoms with van der Waals surface area (Å²) < 4.78 is 5.77. The maximum absolute atomic E-state index is 11.0. The Kier molecular flexibility index (Phi) is 6.53. The Balaban J connectivity index is 1.59. The van der Waals surface area contributed by atoms with Gasteiger partial charge in [0.2, 0.25) is 0 Å². The number of anilines is 1. The molecule has 2 unspecified atom stereocenters. The summed E-state index contributed by atoms with van der Waals surface area (Å²) in [4.78, 5) is 22.0. The van der Waals surface area contributed by atoms with Crippen LogP contribution in [0.25, 0.3) is 11.4 Å². The van der Waals surface area contributed by atoms with Crippen LogP contribution in [-0.2, 0) is 4.74 Å². The maximum Gasteiger partial charge on any atom is 0.270 e. The lowest BCUT2D eigenvalue weighted by molar-refractivity contribution is -0.384. The second-order valence-electron chi connectivity index (χ2n) is 7.32. The molecule has 0 radical (unpaired) electrons. The number of aromatic nitrogens is 2. The van der Waals surface area contributed by atoms with Crippen LogP contribution in [0.4, 0.5) is 11.5 Å². The molecule has 0 saturated carbocycles. The van der Waals surface area contributed by atoms with Gasteiger partial charge in [-0.15, -0.1) is 0 Å². The largest absolute Gasteiger partial charge is 0.373 e. The van der Waals surface area contributed by atoms with Crippen LogP contribution in [-0.4, -0.2) is 58.2 Å². The first kappa shape index (κ1) is 20.2. The highest BCUT2D eigenvalue weighted by molar-refractivity contribution is 5.61. The highest BCUT2D eigenvalue weighted by Crippen LogP contribution is 2.22. The van der Waals surface area contributed by atoms with Gasteiger partial charge >= 0.3 is 0 Å². The van der Waals surface area contributed by atoms with Crippen LogP contribution < -0.4 is 5.32 Å². The summed E-state index contributed by atoms with van der Waals surface area (Å²) in [5, 5.41) is 14.4. The third kappa shape index (κ3) is 5.46. The summed E-state index contributed by atoms with van der Waals surface area (Å²) in [6.07, 6.45) is 1.55. The molecule has 0 aliphatic carbocycles. The number of aryl methyl sites for hydroxylation is 1. The van der Waals surface area contributed by atoms with Crippen molar-refractivity contribution in [2.24, 2.45) is 0 Å². The standard InChI is InChI=1S/C20H27N5O3/c1-14-10-19(21-8-5-9-24-12-15(2)28-16(3)13-24)23-20(22-14)17-6-4-7-18(11-17)25(26)27/h4,6-7,10-11,15-16H,5,8-9,12-13H2,1-3H3,(H,21,22,23). The summed E-state index contributed by atoms with van der Waals surface area (Å²) in [6.45, 7) is 9.85. The zero-order valence-electron chi connectivity index (χ0n) is 16.6. The summed E-state index contributed by atoms with van der Waals surface area (Å²) in [5.41, 5.74) is 1.48. The summed E-state index contributed by atoms with van der Waals surface area (Å²) in [5.74, 6) is 1.22. The van der Waals surface area contributed by atoms with Gasteiger partial charge in [0.25, 0.3) is 5.69 Å². The number of non-ortho nitro benzene ring substituents is 1. The Morgan fingerprint density at radius 1 is 1.25 bits per heavy atom. The van der Waals surface area contributed by atoms with Gasteiger partial charge in [0.1, 0.15) is 5.82 Å². The molecule has 0 spiro atoms. The lowest BCUT2D eigenvalue weighted by Crippen LogP contribution is -2.45. The topological polar surface area (TPSA) is 93.4 Å². The molecule has 1 N–H and O–H groups in total. The molecular weight excluding hydrogens is 358 g/mol. The Morgan fingerprint density at radius 3 is 2.71 bits per heavy atom. The van der Waals surface area contributed by atoms with Gasteiger partial charge in [-0.05, 0) is 27.2 Å². The third-order valence-corrected chi connectivity index (χ3v) is 4.62. The Morgan fingerprint density at radius 2 is 2.00 bits per heavy atom. The van der Waals surface area contributed by atoms with Gasteiger partial charge in [0.05, 0.1) is 17.1 Å². The average molecular weight is 385 g/mol. The second kappa shape index (κ2) is 9.07. The highest BCUT2D eigenvalue weighted by atomic mass is 16.6. The molecular formula is C20H27N5O3. The lowest BCUT2D eigenvalue weighted by atomic mass is 10.2. The minimum absolute atomic E-state index is 0.0334. The summed E-state index contributed by atoms with van der Waals surface area (Å²) >= 11 is 0. The van der Waals surface area contributed by atoms with Crippen LogP contribution in [0.3, 0.4) is 0 Å². The van der Waals surface area contributed by atoms with Gasteiger partial charge < -0.3 is 10.1 Å². The monoisotopic (exact) mass is 385 g/mol. The molecule has 1 aliphatic rings. The number of hydrogen-bond acceptors (Lipinski definition) is 7. The number of nitro groups is 1. The van der Waals surface area contributed by atoms with E-state index in [0.29, 0.717) is 11.4 Å². The van der Waals surface area contributed by atoms with Crippen molar-refractivity contribution < 1.29 is 9.66 Å². The first-order chi connectivity index (χ1) is 13.4. The Hall–Kier alpha value is -2.58.